The van der Waals surface area contributed by atoms with Gasteiger partial charge in [-0.25, -0.2) is 4.57 Å². The molecule has 1 aliphatic rings. The summed E-state index contributed by atoms with van der Waals surface area (Å²) in [5, 5.41) is 50.1. The van der Waals surface area contributed by atoms with Gasteiger partial charge < -0.3 is 39.9 Å². The van der Waals surface area contributed by atoms with Crippen LogP contribution in [0.25, 0.3) is 0 Å². The minimum Gasteiger partial charge on any atom is -0.462 e. The van der Waals surface area contributed by atoms with Crippen LogP contribution in [0.4, 0.5) is 0 Å². The zero-order chi connectivity index (χ0) is 43.6. The lowest BCUT2D eigenvalue weighted by molar-refractivity contribution is -0.220. The number of hydrogen-bond donors (Lipinski definition) is 6. The number of phosphoric acid groups is 1. The number of ether oxygens (including phenoxy) is 2. The number of esters is 2. The maximum absolute atomic E-state index is 12.8. The molecule has 0 radical (unpaired) electrons. The van der Waals surface area contributed by atoms with Crippen LogP contribution in [0.3, 0.4) is 0 Å². The van der Waals surface area contributed by atoms with E-state index >= 15 is 0 Å². The molecule has 13 nitrogen and oxygen atoms in total. The summed E-state index contributed by atoms with van der Waals surface area (Å²) in [4.78, 5) is 35.7. The maximum atomic E-state index is 12.8. The lowest BCUT2D eigenvalue weighted by atomic mass is 9.85. The maximum Gasteiger partial charge on any atom is 0.472 e. The molecule has 0 aromatic heterocycles. The van der Waals surface area contributed by atoms with Gasteiger partial charge >= 0.3 is 19.8 Å². The highest BCUT2D eigenvalue weighted by molar-refractivity contribution is 7.47. The van der Waals surface area contributed by atoms with E-state index in [4.69, 9.17) is 18.5 Å². The molecule has 348 valence electrons. The van der Waals surface area contributed by atoms with Crippen LogP contribution in [0.2, 0.25) is 0 Å². The topological polar surface area (TPSA) is 210 Å². The zero-order valence-corrected chi connectivity index (χ0v) is 37.7. The van der Waals surface area contributed by atoms with E-state index in [1.807, 2.05) is 0 Å². The summed E-state index contributed by atoms with van der Waals surface area (Å²) >= 11 is 0. The first-order valence-electron chi connectivity index (χ1n) is 23.5. The number of phosphoric ester groups is 1. The summed E-state index contributed by atoms with van der Waals surface area (Å²) < 4.78 is 33.5. The fraction of sp³-hybridized carbons (Fsp3) is 0.911. The summed E-state index contributed by atoms with van der Waals surface area (Å²) in [5.41, 5.74) is 0. The number of allylic oxidation sites excluding steroid dienone is 2. The highest BCUT2D eigenvalue weighted by Crippen LogP contribution is 2.47. The zero-order valence-electron chi connectivity index (χ0n) is 36.8. The number of unbranched alkanes of at least 4 members (excludes halogenated alkanes) is 25. The largest absolute Gasteiger partial charge is 0.472 e. The Labute approximate surface area is 356 Å². The molecule has 14 heteroatoms. The van der Waals surface area contributed by atoms with Gasteiger partial charge in [-0.2, -0.15) is 0 Å². The smallest absolute Gasteiger partial charge is 0.462 e. The van der Waals surface area contributed by atoms with Crippen LogP contribution in [-0.4, -0.2) is 98.3 Å². The van der Waals surface area contributed by atoms with Crippen molar-refractivity contribution in [1.82, 2.24) is 0 Å². The quantitative estimate of drug-likeness (QED) is 0.0148. The molecule has 0 heterocycles. The van der Waals surface area contributed by atoms with Gasteiger partial charge in [0.2, 0.25) is 0 Å². The Morgan fingerprint density at radius 1 is 0.508 bits per heavy atom. The second kappa shape index (κ2) is 36.1. The molecular formula is C45H85O13P. The van der Waals surface area contributed by atoms with Crippen LogP contribution in [0, 0.1) is 0 Å². The van der Waals surface area contributed by atoms with Crippen LogP contribution in [0.5, 0.6) is 0 Å². The second-order valence-corrected chi connectivity index (χ2v) is 18.0. The molecule has 1 aliphatic carbocycles. The molecule has 0 aromatic carbocycles. The lowest BCUT2D eigenvalue weighted by Gasteiger charge is -2.41. The number of aliphatic hydroxyl groups excluding tert-OH is 5. The average molecular weight is 865 g/mol. The molecule has 8 atom stereocenters. The molecule has 0 aliphatic heterocycles. The number of aliphatic hydroxyl groups is 5. The van der Waals surface area contributed by atoms with Gasteiger partial charge in [0, 0.05) is 12.8 Å². The standard InChI is InChI=1S/C45H85O13P/c1-3-5-7-9-11-13-15-17-19-20-22-24-26-28-30-32-34-39(47)57-37(36-56-59(53,54)58-45-43(51)41(49)40(48)42(50)44(45)52)35-55-38(46)33-31-29-27-25-23-21-18-16-14-12-10-8-6-4-2/h19-20,37,40-45,48-52H,3-18,21-36H2,1-2H3,(H,53,54)/b20-19-/t37-,40?,41-,42?,43?,44?,45?/m1/s1. The molecular weight excluding hydrogens is 779 g/mol. The monoisotopic (exact) mass is 865 g/mol. The van der Waals surface area contributed by atoms with E-state index in [-0.39, 0.29) is 12.8 Å². The summed E-state index contributed by atoms with van der Waals surface area (Å²) in [5.74, 6) is -1.10. The van der Waals surface area contributed by atoms with Crippen molar-refractivity contribution in [3.05, 3.63) is 12.2 Å². The first-order chi connectivity index (χ1) is 28.4. The van der Waals surface area contributed by atoms with E-state index < -0.39 is 75.7 Å². The van der Waals surface area contributed by atoms with Gasteiger partial charge in [0.1, 0.15) is 43.2 Å². The third kappa shape index (κ3) is 28.7. The molecule has 0 amide bonds. The van der Waals surface area contributed by atoms with E-state index in [0.29, 0.717) is 12.8 Å². The number of carbonyl (C=O) groups excluding carboxylic acids is 2. The fourth-order valence-corrected chi connectivity index (χ4v) is 8.26. The predicted molar refractivity (Wildman–Crippen MR) is 231 cm³/mol. The third-order valence-electron chi connectivity index (χ3n) is 11.1. The van der Waals surface area contributed by atoms with E-state index in [0.717, 1.165) is 57.8 Å². The summed E-state index contributed by atoms with van der Waals surface area (Å²) in [6, 6.07) is 0. The molecule has 1 rings (SSSR count). The Morgan fingerprint density at radius 2 is 0.864 bits per heavy atom. The minimum absolute atomic E-state index is 0.0910. The molecule has 1 fully saturated rings. The van der Waals surface area contributed by atoms with Crippen molar-refractivity contribution in [1.29, 1.82) is 0 Å². The first-order valence-corrected chi connectivity index (χ1v) is 25.0. The van der Waals surface area contributed by atoms with Crippen molar-refractivity contribution >= 4 is 19.8 Å². The highest BCUT2D eigenvalue weighted by atomic mass is 31.2. The van der Waals surface area contributed by atoms with Gasteiger partial charge in [0.25, 0.3) is 0 Å². The minimum atomic E-state index is -5.11. The Kier molecular flexibility index (Phi) is 34.0. The van der Waals surface area contributed by atoms with Gasteiger partial charge in [0.15, 0.2) is 6.10 Å². The van der Waals surface area contributed by atoms with E-state index in [1.54, 1.807) is 0 Å². The van der Waals surface area contributed by atoms with Gasteiger partial charge in [0.05, 0.1) is 6.61 Å². The summed E-state index contributed by atoms with van der Waals surface area (Å²) in [7, 11) is -5.11. The average Bonchev–Trinajstić information content (AvgIpc) is 3.21. The Morgan fingerprint density at radius 3 is 1.29 bits per heavy atom. The molecule has 0 saturated heterocycles. The van der Waals surface area contributed by atoms with E-state index in [9.17, 15) is 44.6 Å². The van der Waals surface area contributed by atoms with Crippen molar-refractivity contribution in [2.75, 3.05) is 13.2 Å². The normalized spacial score (nSPS) is 22.4. The SMILES string of the molecule is CCCCCCCCC/C=C\CCCCCCCC(=O)O[C@H](COC(=O)CCCCCCCCCCCCCCCC)COP(=O)(O)OC1C(O)C(O)C(O)[C@@H](O)C1O. The Hall–Kier alpha value is -1.41. The number of hydrogen-bond acceptors (Lipinski definition) is 12. The summed E-state index contributed by atoms with van der Waals surface area (Å²) in [6.45, 7) is 3.30. The molecule has 0 bridgehead atoms. The highest BCUT2D eigenvalue weighted by Gasteiger charge is 2.51. The van der Waals surface area contributed by atoms with Gasteiger partial charge in [-0.1, -0.05) is 167 Å². The van der Waals surface area contributed by atoms with Crippen molar-refractivity contribution in [2.24, 2.45) is 0 Å². The van der Waals surface area contributed by atoms with Crippen molar-refractivity contribution in [3.63, 3.8) is 0 Å². The van der Waals surface area contributed by atoms with Crippen LogP contribution in [-0.2, 0) is 32.7 Å². The third-order valence-corrected chi connectivity index (χ3v) is 12.1. The van der Waals surface area contributed by atoms with Crippen molar-refractivity contribution in [3.8, 4) is 0 Å². The Balaban J connectivity index is 2.45. The van der Waals surface area contributed by atoms with Crippen LogP contribution < -0.4 is 0 Å². The van der Waals surface area contributed by atoms with Crippen LogP contribution in [0.1, 0.15) is 206 Å². The van der Waals surface area contributed by atoms with Gasteiger partial charge in [-0.15, -0.1) is 0 Å². The Bertz CT molecular complexity index is 1090. The molecule has 6 unspecified atom stereocenters. The second-order valence-electron chi connectivity index (χ2n) is 16.6. The lowest BCUT2D eigenvalue weighted by Crippen LogP contribution is -2.64. The van der Waals surface area contributed by atoms with E-state index in [2.05, 4.69) is 26.0 Å². The van der Waals surface area contributed by atoms with Gasteiger partial charge in [-0.05, 0) is 38.5 Å². The molecule has 59 heavy (non-hydrogen) atoms. The fourth-order valence-electron chi connectivity index (χ4n) is 7.28. The molecule has 0 spiro atoms. The molecule has 1 saturated carbocycles. The van der Waals surface area contributed by atoms with Crippen LogP contribution in [0.15, 0.2) is 12.2 Å². The molecule has 0 aromatic rings. The van der Waals surface area contributed by atoms with E-state index in [1.165, 1.54) is 109 Å². The van der Waals surface area contributed by atoms with Crippen molar-refractivity contribution < 1.29 is 63.1 Å². The number of rotatable bonds is 39. The van der Waals surface area contributed by atoms with Crippen LogP contribution >= 0.6 is 7.82 Å². The summed E-state index contributed by atoms with van der Waals surface area (Å²) in [6.07, 6.45) is 24.1. The van der Waals surface area contributed by atoms with Gasteiger partial charge in [-0.3, -0.25) is 18.6 Å². The molecule has 6 N–H and O–H groups in total. The predicted octanol–water partition coefficient (Wildman–Crippen LogP) is 9.06. The van der Waals surface area contributed by atoms with Crippen molar-refractivity contribution in [2.45, 2.75) is 249 Å². The number of carbonyl (C=O) groups is 2. The first kappa shape index (κ1) is 55.6.